The molecule has 4 heterocycles. The number of aliphatic hydroxyl groups excluding tert-OH is 2. The molecule has 0 radical (unpaired) electrons. The summed E-state index contributed by atoms with van der Waals surface area (Å²) in [5.74, 6) is -4.61. The minimum Gasteiger partial charge on any atom is -0.507 e. The zero-order valence-corrected chi connectivity index (χ0v) is 38.5. The van der Waals surface area contributed by atoms with E-state index in [0.717, 1.165) is 0 Å². The Morgan fingerprint density at radius 3 is 1.53 bits per heavy atom. The van der Waals surface area contributed by atoms with Crippen LogP contribution >= 0.6 is 90.4 Å². The lowest BCUT2D eigenvalue weighted by Gasteiger charge is -2.27. The van der Waals surface area contributed by atoms with Gasteiger partial charge in [0.2, 0.25) is 0 Å². The van der Waals surface area contributed by atoms with Gasteiger partial charge in [-0.1, -0.05) is 0 Å². The number of ether oxygens (including phenoxy) is 3. The molecular weight excluding hydrogens is 1230 g/mol. The van der Waals surface area contributed by atoms with Gasteiger partial charge >= 0.3 is 29.9 Å². The zero-order chi connectivity index (χ0) is 42.6. The van der Waals surface area contributed by atoms with E-state index in [9.17, 15) is 39.3 Å². The quantitative estimate of drug-likeness (QED) is 0.0737. The van der Waals surface area contributed by atoms with Gasteiger partial charge in [-0.15, -0.1) is 0 Å². The van der Waals surface area contributed by atoms with Crippen molar-refractivity contribution in [2.24, 2.45) is 47.3 Å². The van der Waals surface area contributed by atoms with E-state index in [1.165, 1.54) is 40.0 Å². The van der Waals surface area contributed by atoms with Crippen molar-refractivity contribution in [3.8, 4) is 23.0 Å². The van der Waals surface area contributed by atoms with E-state index >= 15 is 0 Å². The number of aromatic hydroxyl groups is 3. The first-order valence-corrected chi connectivity index (χ1v) is 22.1. The molecule has 4 aliphatic carbocycles. The number of fused-ring (bicyclic) bond motifs is 2. The highest BCUT2D eigenvalue weighted by atomic mass is 127. The minimum atomic E-state index is -0.987. The van der Waals surface area contributed by atoms with E-state index in [1.54, 1.807) is 30.9 Å². The first-order valence-electron chi connectivity index (χ1n) is 17.8. The number of imidazole rings is 2. The van der Waals surface area contributed by atoms with Gasteiger partial charge in [0.15, 0.2) is 0 Å². The van der Waals surface area contributed by atoms with Crippen LogP contribution in [0.1, 0.15) is 12.8 Å². The van der Waals surface area contributed by atoms with Crippen molar-refractivity contribution in [3.05, 3.63) is 76.0 Å². The lowest BCUT2D eigenvalue weighted by Crippen LogP contribution is -2.42. The van der Waals surface area contributed by atoms with Gasteiger partial charge < -0.3 is 44.8 Å². The molecule has 10 rings (SSSR count). The molecule has 0 spiro atoms. The number of halogens is 4. The second-order valence-electron chi connectivity index (χ2n) is 14.5. The Bertz CT molecular complexity index is 2210. The Kier molecular flexibility index (Phi) is 13.0. The van der Waals surface area contributed by atoms with Crippen molar-refractivity contribution >= 4 is 120 Å². The Morgan fingerprint density at radius 2 is 1.08 bits per heavy atom. The summed E-state index contributed by atoms with van der Waals surface area (Å²) in [4.78, 5) is 65.9. The maximum atomic E-state index is 12.6. The number of benzene rings is 2. The van der Waals surface area contributed by atoms with Gasteiger partial charge in [-0.25, -0.2) is 14.8 Å². The molecule has 2 saturated heterocycles. The second-order valence-corrected chi connectivity index (χ2v) is 19.1. The van der Waals surface area contributed by atoms with Gasteiger partial charge in [0.05, 0.1) is 50.2 Å². The number of carboxylic acid groups (broad SMARTS) is 1. The third-order valence-corrected chi connectivity index (χ3v) is 14.8. The third-order valence-electron chi connectivity index (χ3n) is 11.4. The average molecular weight is 1260 g/mol. The molecule has 12 atom stereocenters. The number of aliphatic hydroxyl groups is 2. The van der Waals surface area contributed by atoms with Crippen LogP contribution in [0.15, 0.2) is 61.7 Å². The van der Waals surface area contributed by atoms with Crippen LogP contribution in [0, 0.1) is 61.6 Å². The highest BCUT2D eigenvalue weighted by Crippen LogP contribution is 2.59. The predicted molar refractivity (Wildman–Crippen MR) is 232 cm³/mol. The van der Waals surface area contributed by atoms with Gasteiger partial charge in [0.25, 0.3) is 0 Å². The Morgan fingerprint density at radius 1 is 0.661 bits per heavy atom. The fraction of sp³-hybridized carbons (Fsp3) is 0.378. The Labute approximate surface area is 388 Å². The molecule has 4 bridgehead atoms. The topological polar surface area (TPSA) is 270 Å². The maximum absolute atomic E-state index is 12.6. The highest BCUT2D eigenvalue weighted by Gasteiger charge is 2.69. The average Bonchev–Trinajstić information content (AvgIpc) is 4.05. The number of aromatic nitrogens is 4. The minimum absolute atomic E-state index is 0.0661. The summed E-state index contributed by atoms with van der Waals surface area (Å²) in [7, 11) is 0. The van der Waals surface area contributed by atoms with Crippen molar-refractivity contribution < 1.29 is 68.8 Å². The fourth-order valence-electron chi connectivity index (χ4n) is 8.87. The number of carbonyl (C=O) groups is 5. The number of hydrogen-bond donors (Lipinski definition) is 6. The SMILES string of the molecule is O=C(O)C1C2CC3C(OC(=O)C31)C2O.O=C(Oc1cc(I)c(O)cc1I)C1C2CC3C(OC(=O)C31)C2O.O=C(n1ccnc1)n1ccnc1.Oc1cc(I)c(O)cc1I. The van der Waals surface area contributed by atoms with E-state index in [0.29, 0.717) is 32.9 Å². The summed E-state index contributed by atoms with van der Waals surface area (Å²) in [5, 5.41) is 56.8. The zero-order valence-electron chi connectivity index (χ0n) is 29.9. The van der Waals surface area contributed by atoms with Crippen LogP contribution in [0.2, 0.25) is 0 Å². The molecule has 4 saturated carbocycles. The van der Waals surface area contributed by atoms with Crippen LogP contribution in [0.5, 0.6) is 23.0 Å². The van der Waals surface area contributed by atoms with Gasteiger partial charge in [0.1, 0.15) is 47.9 Å². The number of phenols is 3. The molecule has 2 aliphatic heterocycles. The third kappa shape index (κ3) is 8.36. The number of carbonyl (C=O) groups excluding carboxylic acids is 4. The van der Waals surface area contributed by atoms with E-state index in [1.807, 2.05) is 90.4 Å². The lowest BCUT2D eigenvalue weighted by atomic mass is 9.78. The first kappa shape index (κ1) is 43.7. The number of carboxylic acids is 1. The Balaban J connectivity index is 0.000000127. The summed E-state index contributed by atoms with van der Waals surface area (Å²) in [5.41, 5.74) is 0. The molecule has 6 fully saturated rings. The second kappa shape index (κ2) is 17.6. The van der Waals surface area contributed by atoms with E-state index in [2.05, 4.69) is 9.97 Å². The normalized spacial score (nSPS) is 30.9. The summed E-state index contributed by atoms with van der Waals surface area (Å²) in [6.07, 6.45) is 7.93. The molecule has 6 aliphatic rings. The summed E-state index contributed by atoms with van der Waals surface area (Å²) < 4.78 is 20.9. The Hall–Kier alpha value is -3.35. The van der Waals surface area contributed by atoms with Crippen LogP contribution in [0.4, 0.5) is 4.79 Å². The van der Waals surface area contributed by atoms with Crippen LogP contribution in [-0.2, 0) is 28.7 Å². The van der Waals surface area contributed by atoms with Crippen molar-refractivity contribution in [3.63, 3.8) is 0 Å². The van der Waals surface area contributed by atoms with Crippen molar-refractivity contribution in [2.45, 2.75) is 37.3 Å². The number of phenolic OH excluding ortho intramolecular Hbond substituents is 3. The van der Waals surface area contributed by atoms with Crippen LogP contribution in [0.3, 0.4) is 0 Å². The number of nitrogens with zero attached hydrogens (tertiary/aromatic N) is 4. The standard InChI is InChI=1S/C15H12I2O6.C9H10O5.C7H6N4O.C6H4I2O2/c16-6-3-9(7(17)2-8(6)18)22-14(20)10-4-1-5-11(10)15(21)23-13(5)12(4)19;10-6-2-1-3-5(4(2)8(11)12)9(13)14-7(3)6;12-7(10-3-1-8-5-10)11-4-2-9-6-11;7-3-1-5(9)4(8)2-6(3)10/h2-5,10-13,18-19H,1H2;2-7,10H,1H2,(H,11,12);1-6H;1-2,9-10H. The molecule has 0 amide bonds. The van der Waals surface area contributed by atoms with E-state index in [-0.39, 0.29) is 47.0 Å². The number of hydrogen-bond acceptors (Lipinski definition) is 15. The lowest BCUT2D eigenvalue weighted by molar-refractivity contribution is -0.151. The summed E-state index contributed by atoms with van der Waals surface area (Å²) in [6, 6.07) is 5.95. The predicted octanol–water partition coefficient (Wildman–Crippen LogP) is 3.82. The van der Waals surface area contributed by atoms with Crippen molar-refractivity contribution in [2.75, 3.05) is 0 Å². The monoisotopic (exact) mass is 1260 g/mol. The summed E-state index contributed by atoms with van der Waals surface area (Å²) in [6.45, 7) is 0. The number of rotatable bonds is 3. The first-order chi connectivity index (χ1) is 28.0. The molecular formula is C37H32I4N4O14. The van der Waals surface area contributed by atoms with E-state index in [4.69, 9.17) is 29.5 Å². The molecule has 59 heavy (non-hydrogen) atoms. The molecule has 312 valence electrons. The molecule has 22 heteroatoms. The maximum Gasteiger partial charge on any atom is 0.338 e. The van der Waals surface area contributed by atoms with Crippen molar-refractivity contribution in [1.29, 1.82) is 0 Å². The molecule has 2 aromatic heterocycles. The molecule has 12 unspecified atom stereocenters. The molecule has 4 aromatic rings. The highest BCUT2D eigenvalue weighted by molar-refractivity contribution is 14.1. The largest absolute Gasteiger partial charge is 0.507 e. The van der Waals surface area contributed by atoms with Gasteiger partial charge in [-0.3, -0.25) is 28.3 Å². The number of aliphatic carboxylic acids is 1. The van der Waals surface area contributed by atoms with Crippen LogP contribution < -0.4 is 4.74 Å². The van der Waals surface area contributed by atoms with E-state index < -0.39 is 72.0 Å². The molecule has 6 N–H and O–H groups in total. The van der Waals surface area contributed by atoms with Crippen molar-refractivity contribution in [1.82, 2.24) is 19.1 Å². The molecule has 2 aromatic carbocycles. The smallest absolute Gasteiger partial charge is 0.338 e. The van der Waals surface area contributed by atoms with Gasteiger partial charge in [-0.05, 0) is 127 Å². The number of esters is 3. The van der Waals surface area contributed by atoms with Crippen LogP contribution in [-0.4, -0.2) is 104 Å². The van der Waals surface area contributed by atoms with Gasteiger partial charge in [-0.2, -0.15) is 0 Å². The summed E-state index contributed by atoms with van der Waals surface area (Å²) >= 11 is 7.82. The van der Waals surface area contributed by atoms with Gasteiger partial charge in [0, 0.05) is 48.5 Å². The molecule has 18 nitrogen and oxygen atoms in total. The van der Waals surface area contributed by atoms with Crippen LogP contribution in [0.25, 0.3) is 0 Å². The fourth-order valence-corrected chi connectivity index (χ4v) is 10.8.